The summed E-state index contributed by atoms with van der Waals surface area (Å²) < 4.78 is 1.00. The molecular weight excluding hydrogens is 458 g/mol. The van der Waals surface area contributed by atoms with Gasteiger partial charge < -0.3 is 10.6 Å². The number of benzene rings is 2. The van der Waals surface area contributed by atoms with E-state index in [0.717, 1.165) is 31.2 Å². The summed E-state index contributed by atoms with van der Waals surface area (Å²) in [5, 5.41) is 5.79. The number of fused-ring (bicyclic) bond motifs is 1. The monoisotopic (exact) mass is 473 g/mol. The fourth-order valence-corrected chi connectivity index (χ4v) is 5.12. The van der Waals surface area contributed by atoms with Crippen LogP contribution in [0.25, 0.3) is 11.3 Å². The molecule has 0 saturated carbocycles. The standard InChI is InChI=1S/C20H16BrN3O2S2/c1-11-18(12-6-8-13(21)9-7-12)24-20(27-11)23-17(25)10-16-19(26)22-14-4-2-3-5-15(14)28-16/h2-9,16H,10H2,1H3,(H,22,26)(H,23,24,25)/t16-/m0/s1. The molecule has 0 spiro atoms. The third kappa shape index (κ3) is 4.14. The number of thioether (sulfide) groups is 1. The maximum absolute atomic E-state index is 12.5. The summed E-state index contributed by atoms with van der Waals surface area (Å²) in [6.07, 6.45) is 0.0943. The first-order valence-electron chi connectivity index (χ1n) is 8.59. The van der Waals surface area contributed by atoms with Gasteiger partial charge in [0.25, 0.3) is 0 Å². The van der Waals surface area contributed by atoms with Crippen molar-refractivity contribution >= 4 is 61.7 Å². The van der Waals surface area contributed by atoms with Crippen LogP contribution in [-0.2, 0) is 9.59 Å². The molecule has 1 aromatic heterocycles. The van der Waals surface area contributed by atoms with Gasteiger partial charge in [0.15, 0.2) is 5.13 Å². The molecule has 28 heavy (non-hydrogen) atoms. The highest BCUT2D eigenvalue weighted by atomic mass is 79.9. The first-order chi connectivity index (χ1) is 13.5. The number of hydrogen-bond acceptors (Lipinski definition) is 5. The number of anilines is 2. The van der Waals surface area contributed by atoms with Gasteiger partial charge >= 0.3 is 0 Å². The largest absolute Gasteiger partial charge is 0.324 e. The third-order valence-electron chi connectivity index (χ3n) is 4.24. The first-order valence-corrected chi connectivity index (χ1v) is 11.1. The number of nitrogens with zero attached hydrogens (tertiary/aromatic N) is 1. The molecule has 0 unspecified atom stereocenters. The average molecular weight is 474 g/mol. The zero-order valence-electron chi connectivity index (χ0n) is 14.9. The second kappa shape index (κ2) is 8.06. The van der Waals surface area contributed by atoms with Crippen molar-refractivity contribution in [3.8, 4) is 11.3 Å². The molecule has 0 radical (unpaired) electrons. The Labute approximate surface area is 179 Å². The molecule has 1 aliphatic rings. The SMILES string of the molecule is Cc1sc(NC(=O)C[C@@H]2Sc3ccccc3NC2=O)nc1-c1ccc(Br)cc1. The molecule has 2 N–H and O–H groups in total. The van der Waals surface area contributed by atoms with Gasteiger partial charge in [0.05, 0.1) is 16.6 Å². The minimum absolute atomic E-state index is 0.0943. The second-order valence-corrected chi connectivity index (χ2v) is 9.64. The molecule has 142 valence electrons. The fraction of sp³-hybridized carbons (Fsp3) is 0.150. The Morgan fingerprint density at radius 3 is 2.75 bits per heavy atom. The van der Waals surface area contributed by atoms with E-state index < -0.39 is 5.25 Å². The Morgan fingerprint density at radius 1 is 1.21 bits per heavy atom. The van der Waals surface area contributed by atoms with Gasteiger partial charge in [-0.1, -0.05) is 40.2 Å². The van der Waals surface area contributed by atoms with Crippen LogP contribution in [0.2, 0.25) is 0 Å². The lowest BCUT2D eigenvalue weighted by atomic mass is 10.1. The van der Waals surface area contributed by atoms with E-state index in [1.807, 2.05) is 55.5 Å². The van der Waals surface area contributed by atoms with E-state index in [9.17, 15) is 9.59 Å². The molecule has 2 aromatic carbocycles. The zero-order valence-corrected chi connectivity index (χ0v) is 18.1. The fourth-order valence-electron chi connectivity index (χ4n) is 2.89. The number of amides is 2. The lowest BCUT2D eigenvalue weighted by molar-refractivity contribution is -0.120. The summed E-state index contributed by atoms with van der Waals surface area (Å²) in [6, 6.07) is 15.5. The lowest BCUT2D eigenvalue weighted by Gasteiger charge is -2.23. The van der Waals surface area contributed by atoms with E-state index in [4.69, 9.17) is 0 Å². The number of hydrogen-bond donors (Lipinski definition) is 2. The Balaban J connectivity index is 1.44. The highest BCUT2D eigenvalue weighted by Gasteiger charge is 2.29. The van der Waals surface area contributed by atoms with Crippen molar-refractivity contribution in [2.45, 2.75) is 23.5 Å². The van der Waals surface area contributed by atoms with Gasteiger partial charge in [-0.25, -0.2) is 4.98 Å². The number of aromatic nitrogens is 1. The molecule has 8 heteroatoms. The summed E-state index contributed by atoms with van der Waals surface area (Å²) >= 11 is 6.27. The van der Waals surface area contributed by atoms with Crippen LogP contribution in [0, 0.1) is 6.92 Å². The zero-order chi connectivity index (χ0) is 19.7. The number of carbonyl (C=O) groups is 2. The molecule has 3 aromatic rings. The summed E-state index contributed by atoms with van der Waals surface area (Å²) in [4.78, 5) is 31.3. The Morgan fingerprint density at radius 2 is 1.96 bits per heavy atom. The van der Waals surface area contributed by atoms with E-state index in [1.165, 1.54) is 23.1 Å². The van der Waals surface area contributed by atoms with Crippen LogP contribution in [0.3, 0.4) is 0 Å². The van der Waals surface area contributed by atoms with Gasteiger partial charge in [-0.3, -0.25) is 9.59 Å². The highest BCUT2D eigenvalue weighted by molar-refractivity contribution is 9.10. The van der Waals surface area contributed by atoms with Gasteiger partial charge in [-0.2, -0.15) is 0 Å². The number of thiazole rings is 1. The molecule has 0 saturated heterocycles. The van der Waals surface area contributed by atoms with Crippen LogP contribution >= 0.6 is 39.0 Å². The van der Waals surface area contributed by atoms with Crippen LogP contribution in [0.4, 0.5) is 10.8 Å². The van der Waals surface area contributed by atoms with Gasteiger partial charge in [0, 0.05) is 26.2 Å². The summed E-state index contributed by atoms with van der Waals surface area (Å²) in [6.45, 7) is 1.98. The lowest BCUT2D eigenvalue weighted by Crippen LogP contribution is -2.32. The molecule has 1 aliphatic heterocycles. The van der Waals surface area contributed by atoms with Gasteiger partial charge in [-0.15, -0.1) is 23.1 Å². The number of halogens is 1. The number of carbonyl (C=O) groups excluding carboxylic acids is 2. The van der Waals surface area contributed by atoms with Crippen LogP contribution in [-0.4, -0.2) is 22.0 Å². The molecule has 2 amide bonds. The van der Waals surface area contributed by atoms with Crippen molar-refractivity contribution in [1.82, 2.24) is 4.98 Å². The van der Waals surface area contributed by atoms with Gasteiger partial charge in [-0.05, 0) is 31.2 Å². The number of para-hydroxylation sites is 1. The van der Waals surface area contributed by atoms with Crippen molar-refractivity contribution < 1.29 is 9.59 Å². The third-order valence-corrected chi connectivity index (χ3v) is 6.93. The minimum Gasteiger partial charge on any atom is -0.324 e. The van der Waals surface area contributed by atoms with Crippen molar-refractivity contribution in [3.05, 3.63) is 57.9 Å². The van der Waals surface area contributed by atoms with E-state index in [-0.39, 0.29) is 18.2 Å². The Hall–Kier alpha value is -2.16. The molecule has 0 aliphatic carbocycles. The average Bonchev–Trinajstić information content (AvgIpc) is 3.03. The number of aryl methyl sites for hydroxylation is 1. The van der Waals surface area contributed by atoms with Crippen molar-refractivity contribution in [2.24, 2.45) is 0 Å². The van der Waals surface area contributed by atoms with Crippen molar-refractivity contribution in [2.75, 3.05) is 10.6 Å². The van der Waals surface area contributed by atoms with E-state index in [1.54, 1.807) is 0 Å². The molecule has 0 bridgehead atoms. The minimum atomic E-state index is -0.457. The van der Waals surface area contributed by atoms with E-state index >= 15 is 0 Å². The molecule has 4 rings (SSSR count). The molecular formula is C20H16BrN3O2S2. The van der Waals surface area contributed by atoms with E-state index in [2.05, 4.69) is 31.5 Å². The summed E-state index contributed by atoms with van der Waals surface area (Å²) in [7, 11) is 0. The smallest absolute Gasteiger partial charge is 0.238 e. The maximum atomic E-state index is 12.5. The molecule has 1 atom stereocenters. The summed E-state index contributed by atoms with van der Waals surface area (Å²) in [5.74, 6) is -0.368. The topological polar surface area (TPSA) is 71.1 Å². The van der Waals surface area contributed by atoms with Crippen LogP contribution in [0.1, 0.15) is 11.3 Å². The predicted octanol–water partition coefficient (Wildman–Crippen LogP) is 5.32. The van der Waals surface area contributed by atoms with Crippen LogP contribution in [0.15, 0.2) is 57.9 Å². The molecule has 5 nitrogen and oxygen atoms in total. The first kappa shape index (κ1) is 19.2. The second-order valence-electron chi connectivity index (χ2n) is 6.27. The normalized spacial score (nSPS) is 15.6. The Kier molecular flexibility index (Phi) is 5.52. The highest BCUT2D eigenvalue weighted by Crippen LogP contribution is 2.37. The maximum Gasteiger partial charge on any atom is 0.238 e. The Bertz CT molecular complexity index is 1050. The van der Waals surface area contributed by atoms with Crippen molar-refractivity contribution in [3.63, 3.8) is 0 Å². The van der Waals surface area contributed by atoms with E-state index in [0.29, 0.717) is 5.13 Å². The summed E-state index contributed by atoms with van der Waals surface area (Å²) in [5.41, 5.74) is 2.65. The van der Waals surface area contributed by atoms with Gasteiger partial charge in [0.1, 0.15) is 0 Å². The number of nitrogens with one attached hydrogen (secondary N) is 2. The predicted molar refractivity (Wildman–Crippen MR) is 118 cm³/mol. The number of rotatable bonds is 4. The van der Waals surface area contributed by atoms with Crippen LogP contribution in [0.5, 0.6) is 0 Å². The van der Waals surface area contributed by atoms with Crippen LogP contribution < -0.4 is 10.6 Å². The quantitative estimate of drug-likeness (QED) is 0.537. The van der Waals surface area contributed by atoms with Crippen molar-refractivity contribution in [1.29, 1.82) is 0 Å². The van der Waals surface area contributed by atoms with Gasteiger partial charge in [0.2, 0.25) is 11.8 Å². The molecule has 0 fully saturated rings. The molecule has 2 heterocycles.